The topological polar surface area (TPSA) is 75.7 Å². The number of nitrogens with one attached hydrogen (secondary N) is 1. The average molecular weight is 284 g/mol. The van der Waals surface area contributed by atoms with Crippen molar-refractivity contribution in [2.45, 2.75) is 19.4 Å². The van der Waals surface area contributed by atoms with Gasteiger partial charge in [-0.2, -0.15) is 12.7 Å². The number of hydrogen-bond acceptors (Lipinski definition) is 4. The Morgan fingerprint density at radius 2 is 1.84 bits per heavy atom. The molecule has 6 nitrogen and oxygen atoms in total. The van der Waals surface area contributed by atoms with Crippen LogP contribution in [0.4, 0.5) is 4.79 Å². The molecule has 1 saturated heterocycles. The van der Waals surface area contributed by atoms with Crippen LogP contribution in [-0.4, -0.2) is 31.9 Å². The lowest BCUT2D eigenvalue weighted by Crippen LogP contribution is -2.42. The first-order valence-electron chi connectivity index (χ1n) is 6.06. The van der Waals surface area contributed by atoms with Gasteiger partial charge in [-0.25, -0.2) is 9.52 Å². The van der Waals surface area contributed by atoms with Crippen molar-refractivity contribution < 1.29 is 17.9 Å². The smallest absolute Gasteiger partial charge is 0.422 e. The van der Waals surface area contributed by atoms with Crippen LogP contribution in [-0.2, 0) is 21.6 Å². The molecule has 0 bridgehead atoms. The van der Waals surface area contributed by atoms with E-state index in [0.717, 1.165) is 18.4 Å². The molecule has 0 spiro atoms. The normalized spacial score (nSPS) is 16.2. The molecule has 1 aliphatic heterocycles. The van der Waals surface area contributed by atoms with Crippen molar-refractivity contribution in [1.82, 2.24) is 9.03 Å². The Balaban J connectivity index is 1.84. The van der Waals surface area contributed by atoms with Crippen LogP contribution >= 0.6 is 0 Å². The molecule has 19 heavy (non-hydrogen) atoms. The molecular weight excluding hydrogens is 268 g/mol. The summed E-state index contributed by atoms with van der Waals surface area (Å²) in [6, 6.07) is 9.07. The minimum Gasteiger partial charge on any atom is -0.444 e. The number of carbonyl (C=O) groups is 1. The van der Waals surface area contributed by atoms with Gasteiger partial charge in [0.25, 0.3) is 0 Å². The summed E-state index contributed by atoms with van der Waals surface area (Å²) in [6.45, 7) is 0.935. The number of nitrogens with zero attached hydrogens (tertiary/aromatic N) is 1. The van der Waals surface area contributed by atoms with Crippen LogP contribution < -0.4 is 4.72 Å². The molecule has 1 heterocycles. The first-order chi connectivity index (χ1) is 9.08. The van der Waals surface area contributed by atoms with Crippen LogP contribution in [0, 0.1) is 0 Å². The quantitative estimate of drug-likeness (QED) is 0.903. The van der Waals surface area contributed by atoms with Gasteiger partial charge in [-0.3, -0.25) is 0 Å². The predicted octanol–water partition coefficient (Wildman–Crippen LogP) is 1.25. The summed E-state index contributed by atoms with van der Waals surface area (Å²) in [5.74, 6) is 0. The number of amides is 1. The van der Waals surface area contributed by atoms with E-state index in [-0.39, 0.29) is 6.61 Å². The molecule has 0 aromatic heterocycles. The van der Waals surface area contributed by atoms with E-state index in [2.05, 4.69) is 0 Å². The van der Waals surface area contributed by atoms with Gasteiger partial charge in [-0.15, -0.1) is 0 Å². The molecule has 0 aliphatic carbocycles. The van der Waals surface area contributed by atoms with Gasteiger partial charge in [0.05, 0.1) is 0 Å². The van der Waals surface area contributed by atoms with Crippen molar-refractivity contribution in [1.29, 1.82) is 0 Å². The maximum Gasteiger partial charge on any atom is 0.422 e. The summed E-state index contributed by atoms with van der Waals surface area (Å²) in [4.78, 5) is 11.4. The zero-order chi connectivity index (χ0) is 13.7. The van der Waals surface area contributed by atoms with Crippen molar-refractivity contribution >= 4 is 16.3 Å². The summed E-state index contributed by atoms with van der Waals surface area (Å²) in [5.41, 5.74) is 0.802. The van der Waals surface area contributed by atoms with Crippen LogP contribution in [0.2, 0.25) is 0 Å². The Hall–Kier alpha value is -1.60. The molecule has 1 fully saturated rings. The number of hydrogen-bond donors (Lipinski definition) is 1. The zero-order valence-corrected chi connectivity index (χ0v) is 11.2. The van der Waals surface area contributed by atoms with Crippen LogP contribution in [0.25, 0.3) is 0 Å². The standard InChI is InChI=1S/C12H16N2O4S/c15-12(18-10-11-6-2-1-3-7-11)13-19(16,17)14-8-4-5-9-14/h1-3,6-7H,4-5,8-10H2,(H,13,15). The minimum absolute atomic E-state index is 0.0438. The van der Waals surface area contributed by atoms with Crippen molar-refractivity contribution in [2.24, 2.45) is 0 Å². The Bertz CT molecular complexity index is 524. The van der Waals surface area contributed by atoms with Gasteiger partial charge in [-0.05, 0) is 18.4 Å². The second-order valence-electron chi connectivity index (χ2n) is 4.27. The molecule has 0 saturated carbocycles. The molecule has 1 aromatic carbocycles. The van der Waals surface area contributed by atoms with E-state index in [4.69, 9.17) is 4.74 Å². The fraction of sp³-hybridized carbons (Fsp3) is 0.417. The fourth-order valence-electron chi connectivity index (χ4n) is 1.85. The number of ether oxygens (including phenoxy) is 1. The zero-order valence-electron chi connectivity index (χ0n) is 10.4. The van der Waals surface area contributed by atoms with Crippen molar-refractivity contribution in [3.8, 4) is 0 Å². The van der Waals surface area contributed by atoms with Crippen LogP contribution in [0.3, 0.4) is 0 Å². The van der Waals surface area contributed by atoms with E-state index < -0.39 is 16.3 Å². The van der Waals surface area contributed by atoms with Crippen molar-refractivity contribution in [3.63, 3.8) is 0 Å². The van der Waals surface area contributed by atoms with Crippen LogP contribution in [0.15, 0.2) is 30.3 Å². The van der Waals surface area contributed by atoms with E-state index in [1.54, 1.807) is 12.1 Å². The lowest BCUT2D eigenvalue weighted by atomic mass is 10.2. The predicted molar refractivity (Wildman–Crippen MR) is 69.5 cm³/mol. The molecular formula is C12H16N2O4S. The summed E-state index contributed by atoms with van der Waals surface area (Å²) in [5, 5.41) is 0. The molecule has 7 heteroatoms. The summed E-state index contributed by atoms with van der Waals surface area (Å²) >= 11 is 0. The van der Waals surface area contributed by atoms with Gasteiger partial charge in [0.2, 0.25) is 0 Å². The molecule has 1 N–H and O–H groups in total. The largest absolute Gasteiger partial charge is 0.444 e. The fourth-order valence-corrected chi connectivity index (χ4v) is 2.99. The number of benzene rings is 1. The van der Waals surface area contributed by atoms with Crippen molar-refractivity contribution in [2.75, 3.05) is 13.1 Å². The summed E-state index contributed by atoms with van der Waals surface area (Å²) in [6.07, 6.45) is 0.690. The van der Waals surface area contributed by atoms with E-state index >= 15 is 0 Å². The highest BCUT2D eigenvalue weighted by Gasteiger charge is 2.27. The maximum absolute atomic E-state index is 11.8. The van der Waals surface area contributed by atoms with E-state index in [1.807, 2.05) is 22.9 Å². The average Bonchev–Trinajstić information content (AvgIpc) is 2.92. The lowest BCUT2D eigenvalue weighted by Gasteiger charge is -2.15. The first kappa shape index (κ1) is 13.8. The van der Waals surface area contributed by atoms with Gasteiger partial charge in [-0.1, -0.05) is 30.3 Å². The van der Waals surface area contributed by atoms with Gasteiger partial charge >= 0.3 is 16.3 Å². The molecule has 1 aliphatic rings. The van der Waals surface area contributed by atoms with Gasteiger partial charge < -0.3 is 4.74 Å². The Morgan fingerprint density at radius 1 is 1.21 bits per heavy atom. The van der Waals surface area contributed by atoms with Crippen LogP contribution in [0.1, 0.15) is 18.4 Å². The maximum atomic E-state index is 11.8. The number of carbonyl (C=O) groups excluding carboxylic acids is 1. The Kier molecular flexibility index (Phi) is 4.39. The molecule has 1 aromatic rings. The van der Waals surface area contributed by atoms with E-state index in [1.165, 1.54) is 4.31 Å². The molecule has 104 valence electrons. The Morgan fingerprint density at radius 3 is 2.47 bits per heavy atom. The third-order valence-electron chi connectivity index (χ3n) is 2.83. The molecule has 1 amide bonds. The Labute approximate surface area is 112 Å². The molecule has 2 rings (SSSR count). The SMILES string of the molecule is O=C(NS(=O)(=O)N1CCCC1)OCc1ccccc1. The highest BCUT2D eigenvalue weighted by atomic mass is 32.2. The second-order valence-corrected chi connectivity index (χ2v) is 5.95. The molecule has 0 radical (unpaired) electrons. The summed E-state index contributed by atoms with van der Waals surface area (Å²) in [7, 11) is -3.75. The van der Waals surface area contributed by atoms with Crippen LogP contribution in [0.5, 0.6) is 0 Å². The summed E-state index contributed by atoms with van der Waals surface area (Å²) < 4.78 is 31.6. The lowest BCUT2D eigenvalue weighted by molar-refractivity contribution is 0.145. The number of rotatable bonds is 4. The van der Waals surface area contributed by atoms with Crippen molar-refractivity contribution in [3.05, 3.63) is 35.9 Å². The third-order valence-corrected chi connectivity index (χ3v) is 4.30. The molecule has 0 unspecified atom stereocenters. The first-order valence-corrected chi connectivity index (χ1v) is 7.50. The highest BCUT2D eigenvalue weighted by molar-refractivity contribution is 7.87. The highest BCUT2D eigenvalue weighted by Crippen LogP contribution is 2.11. The van der Waals surface area contributed by atoms with E-state index in [9.17, 15) is 13.2 Å². The molecule has 0 atom stereocenters. The second kappa shape index (κ2) is 6.03. The van der Waals surface area contributed by atoms with Gasteiger partial charge in [0, 0.05) is 13.1 Å². The van der Waals surface area contributed by atoms with Gasteiger partial charge in [0.1, 0.15) is 6.61 Å². The van der Waals surface area contributed by atoms with Gasteiger partial charge in [0.15, 0.2) is 0 Å². The third kappa shape index (κ3) is 3.93. The van der Waals surface area contributed by atoms with E-state index in [0.29, 0.717) is 13.1 Å². The minimum atomic E-state index is -3.75. The monoisotopic (exact) mass is 284 g/mol.